The molecule has 4 rings (SSSR count). The first-order valence-electron chi connectivity index (χ1n) is 11.6. The van der Waals surface area contributed by atoms with Crippen molar-refractivity contribution in [3.8, 4) is 0 Å². The molecule has 0 amide bonds. The van der Waals surface area contributed by atoms with Crippen LogP contribution in [0.3, 0.4) is 0 Å². The number of hydrogen-bond acceptors (Lipinski definition) is 4. The van der Waals surface area contributed by atoms with E-state index in [1.807, 2.05) is 0 Å². The third kappa shape index (κ3) is 4.72. The van der Waals surface area contributed by atoms with E-state index < -0.39 is 0 Å². The predicted octanol–water partition coefficient (Wildman–Crippen LogP) is 3.01. The third-order valence-electron chi connectivity index (χ3n) is 7.73. The Balaban J connectivity index is 0.00000240. The van der Waals surface area contributed by atoms with E-state index in [0.29, 0.717) is 18.1 Å². The third-order valence-corrected chi connectivity index (χ3v) is 7.73. The van der Waals surface area contributed by atoms with Crippen LogP contribution in [0.2, 0.25) is 0 Å². The Bertz CT molecular complexity index is 559. The first-order valence-corrected chi connectivity index (χ1v) is 11.6. The molecule has 2 saturated heterocycles. The number of aliphatic imine (C=N–C) groups is 1. The van der Waals surface area contributed by atoms with E-state index in [-0.39, 0.29) is 34.9 Å². The highest BCUT2D eigenvalue weighted by atomic mass is 127. The summed E-state index contributed by atoms with van der Waals surface area (Å²) in [5.41, 5.74) is 0.391. The second-order valence-corrected chi connectivity index (χ2v) is 9.77. The number of guanidine groups is 1. The maximum absolute atomic E-state index is 5.97. The molecule has 3 unspecified atom stereocenters. The quantitative estimate of drug-likeness (QED) is 0.332. The zero-order valence-electron chi connectivity index (χ0n) is 18.5. The largest absolute Gasteiger partial charge is 0.379 e. The van der Waals surface area contributed by atoms with Crippen molar-refractivity contribution in [3.05, 3.63) is 0 Å². The molecule has 168 valence electrons. The highest BCUT2D eigenvalue weighted by Crippen LogP contribution is 2.52. The van der Waals surface area contributed by atoms with Crippen molar-refractivity contribution >= 4 is 29.9 Å². The minimum atomic E-state index is 0. The molecule has 0 spiro atoms. The van der Waals surface area contributed by atoms with Crippen molar-refractivity contribution in [1.29, 1.82) is 0 Å². The van der Waals surface area contributed by atoms with Crippen molar-refractivity contribution in [3.63, 3.8) is 0 Å². The van der Waals surface area contributed by atoms with Gasteiger partial charge in [0.1, 0.15) is 0 Å². The Morgan fingerprint density at radius 3 is 2.52 bits per heavy atom. The summed E-state index contributed by atoms with van der Waals surface area (Å²) in [5, 5.41) is 7.31. The zero-order valence-corrected chi connectivity index (χ0v) is 20.9. The second-order valence-electron chi connectivity index (χ2n) is 9.77. The van der Waals surface area contributed by atoms with Gasteiger partial charge in [-0.1, -0.05) is 33.1 Å². The van der Waals surface area contributed by atoms with Crippen molar-refractivity contribution < 1.29 is 9.47 Å². The lowest BCUT2D eigenvalue weighted by Gasteiger charge is -2.55. The summed E-state index contributed by atoms with van der Waals surface area (Å²) in [5.74, 6) is 1.62. The van der Waals surface area contributed by atoms with E-state index in [9.17, 15) is 0 Å². The van der Waals surface area contributed by atoms with Crippen LogP contribution in [-0.2, 0) is 9.47 Å². The van der Waals surface area contributed by atoms with Gasteiger partial charge in [0, 0.05) is 49.2 Å². The summed E-state index contributed by atoms with van der Waals surface area (Å²) in [6.45, 7) is 13.3. The molecule has 3 atom stereocenters. The van der Waals surface area contributed by atoms with Crippen LogP contribution in [0.4, 0.5) is 0 Å². The van der Waals surface area contributed by atoms with Gasteiger partial charge in [0.2, 0.25) is 0 Å². The maximum Gasteiger partial charge on any atom is 0.191 e. The lowest BCUT2D eigenvalue weighted by molar-refractivity contribution is -0.106. The van der Waals surface area contributed by atoms with Gasteiger partial charge in [-0.15, -0.1) is 24.0 Å². The number of rotatable bonds is 5. The van der Waals surface area contributed by atoms with E-state index in [1.165, 1.54) is 38.5 Å². The van der Waals surface area contributed by atoms with Crippen LogP contribution < -0.4 is 10.6 Å². The minimum Gasteiger partial charge on any atom is -0.379 e. The number of nitrogens with one attached hydrogen (secondary N) is 2. The number of halogens is 1. The summed E-state index contributed by atoms with van der Waals surface area (Å²) in [6, 6.07) is 0.448. The summed E-state index contributed by atoms with van der Waals surface area (Å²) < 4.78 is 11.6. The second kappa shape index (κ2) is 10.0. The molecule has 2 aliphatic heterocycles. The lowest BCUT2D eigenvalue weighted by Crippen LogP contribution is -2.68. The summed E-state index contributed by atoms with van der Waals surface area (Å²) >= 11 is 0. The molecule has 2 saturated carbocycles. The van der Waals surface area contributed by atoms with Crippen molar-refractivity contribution in [2.24, 2.45) is 16.3 Å². The topological polar surface area (TPSA) is 58.1 Å². The standard InChI is InChI=1S/C22H40N4O2.HI/c1-4-23-20(25-18-17-8-13-28-19(17)21(18,2)3)24-16-22(9-6-5-7-10-22)26-11-14-27-15-12-26;/h17-19H,4-16H2,1-3H3,(H2,23,24,25);1H. The Hall–Kier alpha value is -0.120. The van der Waals surface area contributed by atoms with E-state index >= 15 is 0 Å². The molecule has 4 fully saturated rings. The van der Waals surface area contributed by atoms with Crippen molar-refractivity contribution in [2.45, 2.75) is 77.0 Å². The molecule has 0 radical (unpaired) electrons. The van der Waals surface area contributed by atoms with Crippen LogP contribution in [0, 0.1) is 11.3 Å². The van der Waals surface area contributed by atoms with Crippen LogP contribution >= 0.6 is 24.0 Å². The van der Waals surface area contributed by atoms with Crippen molar-refractivity contribution in [2.75, 3.05) is 46.0 Å². The molecule has 0 bridgehead atoms. The fourth-order valence-electron chi connectivity index (χ4n) is 6.13. The Labute approximate surface area is 194 Å². The molecule has 2 heterocycles. The average Bonchev–Trinajstić information content (AvgIpc) is 3.19. The van der Waals surface area contributed by atoms with E-state index in [2.05, 4.69) is 36.3 Å². The monoisotopic (exact) mass is 520 g/mol. The number of ether oxygens (including phenoxy) is 2. The van der Waals surface area contributed by atoms with Gasteiger partial charge in [-0.25, -0.2) is 0 Å². The van der Waals surface area contributed by atoms with E-state index in [1.54, 1.807) is 0 Å². The van der Waals surface area contributed by atoms with Gasteiger partial charge in [-0.2, -0.15) is 0 Å². The number of hydrogen-bond donors (Lipinski definition) is 2. The molecule has 29 heavy (non-hydrogen) atoms. The Morgan fingerprint density at radius 2 is 1.83 bits per heavy atom. The first kappa shape index (κ1) is 23.5. The molecular weight excluding hydrogens is 479 g/mol. The SMILES string of the molecule is CCNC(=NCC1(N2CCOCC2)CCCCC1)NC1C2CCOC2C1(C)C.I. The van der Waals surface area contributed by atoms with E-state index in [4.69, 9.17) is 14.5 Å². The fourth-order valence-corrected chi connectivity index (χ4v) is 6.13. The fraction of sp³-hybridized carbons (Fsp3) is 0.955. The van der Waals surface area contributed by atoms with Gasteiger partial charge < -0.3 is 20.1 Å². The summed E-state index contributed by atoms with van der Waals surface area (Å²) in [7, 11) is 0. The van der Waals surface area contributed by atoms with Crippen LogP contribution in [0.15, 0.2) is 4.99 Å². The highest BCUT2D eigenvalue weighted by Gasteiger charge is 2.59. The lowest BCUT2D eigenvalue weighted by atomic mass is 9.57. The molecule has 0 aromatic carbocycles. The predicted molar refractivity (Wildman–Crippen MR) is 128 cm³/mol. The van der Waals surface area contributed by atoms with Crippen LogP contribution in [0.25, 0.3) is 0 Å². The molecule has 7 heteroatoms. The number of nitrogens with zero attached hydrogens (tertiary/aromatic N) is 2. The van der Waals surface area contributed by atoms with Gasteiger partial charge >= 0.3 is 0 Å². The van der Waals surface area contributed by atoms with E-state index in [0.717, 1.165) is 52.0 Å². The molecule has 0 aromatic rings. The van der Waals surface area contributed by atoms with Gasteiger partial charge in [0.15, 0.2) is 5.96 Å². The van der Waals surface area contributed by atoms with Gasteiger partial charge in [0.05, 0.1) is 25.9 Å². The molecule has 4 aliphatic rings. The Kier molecular flexibility index (Phi) is 8.12. The number of fused-ring (bicyclic) bond motifs is 1. The zero-order chi connectivity index (χ0) is 19.6. The molecule has 2 aliphatic carbocycles. The van der Waals surface area contributed by atoms with Gasteiger partial charge in [-0.3, -0.25) is 9.89 Å². The van der Waals surface area contributed by atoms with Crippen LogP contribution in [0.1, 0.15) is 59.3 Å². The summed E-state index contributed by atoms with van der Waals surface area (Å²) in [4.78, 5) is 7.83. The molecule has 0 aromatic heterocycles. The number of morpholine rings is 1. The highest BCUT2D eigenvalue weighted by molar-refractivity contribution is 14.0. The normalized spacial score (nSPS) is 33.9. The average molecular weight is 521 g/mol. The Morgan fingerprint density at radius 1 is 1.10 bits per heavy atom. The summed E-state index contributed by atoms with van der Waals surface area (Å²) in [6.07, 6.45) is 8.13. The maximum atomic E-state index is 5.97. The van der Waals surface area contributed by atoms with Crippen LogP contribution in [0.5, 0.6) is 0 Å². The van der Waals surface area contributed by atoms with Crippen molar-refractivity contribution in [1.82, 2.24) is 15.5 Å². The molecule has 2 N–H and O–H groups in total. The minimum absolute atomic E-state index is 0. The first-order chi connectivity index (χ1) is 13.6. The molecule has 6 nitrogen and oxygen atoms in total. The smallest absolute Gasteiger partial charge is 0.191 e. The van der Waals surface area contributed by atoms with Gasteiger partial charge in [-0.05, 0) is 26.2 Å². The van der Waals surface area contributed by atoms with Gasteiger partial charge in [0.25, 0.3) is 0 Å². The molecular formula is C22H41IN4O2. The van der Waals surface area contributed by atoms with Crippen LogP contribution in [-0.4, -0.2) is 74.5 Å².